The van der Waals surface area contributed by atoms with Crippen LogP contribution in [0.2, 0.25) is 0 Å². The van der Waals surface area contributed by atoms with Crippen LogP contribution >= 0.6 is 0 Å². The second kappa shape index (κ2) is 7.96. The van der Waals surface area contributed by atoms with Gasteiger partial charge in [0.05, 0.1) is 13.2 Å². The van der Waals surface area contributed by atoms with Gasteiger partial charge in [0.15, 0.2) is 0 Å². The number of hydrogen-bond donors (Lipinski definition) is 3. The molecule has 5 heteroatoms. The van der Waals surface area contributed by atoms with Gasteiger partial charge in [-0.3, -0.25) is 4.79 Å². The summed E-state index contributed by atoms with van der Waals surface area (Å²) in [6.07, 6.45) is 2.56. The lowest BCUT2D eigenvalue weighted by atomic mass is 9.61. The summed E-state index contributed by atoms with van der Waals surface area (Å²) in [5, 5.41) is 11.6. The summed E-state index contributed by atoms with van der Waals surface area (Å²) in [6.45, 7) is 8.02. The maximum atomic E-state index is 12.3. The number of amides is 1. The molecule has 0 spiro atoms. The number of ether oxygens (including phenoxy) is 1. The fourth-order valence-corrected chi connectivity index (χ4v) is 2.99. The van der Waals surface area contributed by atoms with E-state index < -0.39 is 0 Å². The number of aliphatic hydroxyl groups is 1. The third-order valence-corrected chi connectivity index (χ3v) is 4.82. The topological polar surface area (TPSA) is 84.6 Å². The van der Waals surface area contributed by atoms with Gasteiger partial charge in [-0.05, 0) is 30.6 Å². The standard InChI is InChI=1S/C15H30N2O3/c1-11-13(16)6-5-12(15(11,2)3)14(19)17-7-4-9-20-10-8-18/h11-13,18H,4-10,16H2,1-3H3,(H,17,19). The summed E-state index contributed by atoms with van der Waals surface area (Å²) >= 11 is 0. The first-order valence-corrected chi connectivity index (χ1v) is 7.63. The second-order valence-electron chi connectivity index (χ2n) is 6.38. The highest BCUT2D eigenvalue weighted by atomic mass is 16.5. The van der Waals surface area contributed by atoms with Gasteiger partial charge in [0.25, 0.3) is 0 Å². The molecule has 0 aromatic carbocycles. The number of aliphatic hydroxyl groups excluding tert-OH is 1. The van der Waals surface area contributed by atoms with Crippen LogP contribution in [0, 0.1) is 17.3 Å². The van der Waals surface area contributed by atoms with Crippen molar-refractivity contribution in [3.05, 3.63) is 0 Å². The van der Waals surface area contributed by atoms with E-state index in [4.69, 9.17) is 15.6 Å². The molecule has 0 aromatic rings. The minimum atomic E-state index is -0.0604. The van der Waals surface area contributed by atoms with E-state index in [1.54, 1.807) is 0 Å². The van der Waals surface area contributed by atoms with Gasteiger partial charge in [0, 0.05) is 25.1 Å². The van der Waals surface area contributed by atoms with Crippen molar-refractivity contribution in [1.29, 1.82) is 0 Å². The molecule has 0 radical (unpaired) electrons. The molecule has 118 valence electrons. The number of nitrogens with two attached hydrogens (primary N) is 1. The zero-order valence-electron chi connectivity index (χ0n) is 13.0. The second-order valence-corrected chi connectivity index (χ2v) is 6.38. The molecule has 3 atom stereocenters. The lowest BCUT2D eigenvalue weighted by molar-refractivity contribution is -0.132. The highest BCUT2D eigenvalue weighted by Crippen LogP contribution is 2.44. The lowest BCUT2D eigenvalue weighted by Crippen LogP contribution is -2.51. The molecule has 1 rings (SSSR count). The van der Waals surface area contributed by atoms with Crippen LogP contribution in [0.4, 0.5) is 0 Å². The van der Waals surface area contributed by atoms with Crippen LogP contribution < -0.4 is 11.1 Å². The third-order valence-electron chi connectivity index (χ3n) is 4.82. The molecule has 0 aromatic heterocycles. The predicted octanol–water partition coefficient (Wildman–Crippen LogP) is 0.901. The molecule has 0 saturated heterocycles. The fourth-order valence-electron chi connectivity index (χ4n) is 2.99. The van der Waals surface area contributed by atoms with E-state index in [0.717, 1.165) is 19.3 Å². The lowest BCUT2D eigenvalue weighted by Gasteiger charge is -2.46. The Bertz CT molecular complexity index is 307. The molecule has 3 unspecified atom stereocenters. The van der Waals surface area contributed by atoms with Gasteiger partial charge in [0.1, 0.15) is 0 Å². The van der Waals surface area contributed by atoms with Gasteiger partial charge < -0.3 is 20.9 Å². The Morgan fingerprint density at radius 1 is 1.40 bits per heavy atom. The largest absolute Gasteiger partial charge is 0.394 e. The quantitative estimate of drug-likeness (QED) is 0.607. The van der Waals surface area contributed by atoms with E-state index in [9.17, 15) is 4.79 Å². The van der Waals surface area contributed by atoms with Gasteiger partial charge in [-0.2, -0.15) is 0 Å². The molecule has 1 aliphatic carbocycles. The first-order valence-electron chi connectivity index (χ1n) is 7.63. The molecular formula is C15H30N2O3. The minimum absolute atomic E-state index is 0.0376. The predicted molar refractivity (Wildman–Crippen MR) is 79.2 cm³/mol. The molecule has 5 nitrogen and oxygen atoms in total. The average Bonchev–Trinajstić information content (AvgIpc) is 2.40. The summed E-state index contributed by atoms with van der Waals surface area (Å²) in [4.78, 5) is 12.3. The third kappa shape index (κ3) is 4.43. The van der Waals surface area contributed by atoms with E-state index in [1.807, 2.05) is 0 Å². The molecule has 4 N–H and O–H groups in total. The van der Waals surface area contributed by atoms with Crippen LogP contribution in [0.5, 0.6) is 0 Å². The van der Waals surface area contributed by atoms with Crippen LogP contribution in [0.25, 0.3) is 0 Å². The Balaban J connectivity index is 2.35. The Hall–Kier alpha value is -0.650. The van der Waals surface area contributed by atoms with Gasteiger partial charge in [-0.25, -0.2) is 0 Å². The first kappa shape index (κ1) is 17.4. The van der Waals surface area contributed by atoms with Gasteiger partial charge in [-0.15, -0.1) is 0 Å². The smallest absolute Gasteiger partial charge is 0.223 e. The monoisotopic (exact) mass is 286 g/mol. The van der Waals surface area contributed by atoms with Gasteiger partial charge in [0.2, 0.25) is 5.91 Å². The average molecular weight is 286 g/mol. The molecule has 0 bridgehead atoms. The van der Waals surface area contributed by atoms with Crippen molar-refractivity contribution in [3.8, 4) is 0 Å². The van der Waals surface area contributed by atoms with E-state index in [0.29, 0.717) is 25.7 Å². The maximum Gasteiger partial charge on any atom is 0.223 e. The number of carbonyl (C=O) groups is 1. The molecule has 20 heavy (non-hydrogen) atoms. The molecule has 0 heterocycles. The van der Waals surface area contributed by atoms with Crippen molar-refractivity contribution in [2.24, 2.45) is 23.0 Å². The Kier molecular flexibility index (Phi) is 6.92. The summed E-state index contributed by atoms with van der Waals surface area (Å²) in [5.41, 5.74) is 6.06. The molecular weight excluding hydrogens is 256 g/mol. The Morgan fingerprint density at radius 2 is 2.10 bits per heavy atom. The number of rotatable bonds is 7. The number of hydrogen-bond acceptors (Lipinski definition) is 4. The zero-order chi connectivity index (χ0) is 15.2. The Labute approximate surface area is 122 Å². The van der Waals surface area contributed by atoms with E-state index in [1.165, 1.54) is 0 Å². The maximum absolute atomic E-state index is 12.3. The minimum Gasteiger partial charge on any atom is -0.394 e. The van der Waals surface area contributed by atoms with E-state index in [2.05, 4.69) is 26.1 Å². The van der Waals surface area contributed by atoms with Crippen molar-refractivity contribution in [1.82, 2.24) is 5.32 Å². The van der Waals surface area contributed by atoms with Crippen LogP contribution in [0.1, 0.15) is 40.0 Å². The molecule has 1 aliphatic rings. The molecule has 1 fully saturated rings. The fraction of sp³-hybridized carbons (Fsp3) is 0.933. The van der Waals surface area contributed by atoms with Crippen LogP contribution in [-0.4, -0.2) is 43.4 Å². The molecule has 1 amide bonds. The van der Waals surface area contributed by atoms with Crippen molar-refractivity contribution in [2.45, 2.75) is 46.1 Å². The molecule has 0 aliphatic heterocycles. The highest BCUT2D eigenvalue weighted by molar-refractivity contribution is 5.79. The summed E-state index contributed by atoms with van der Waals surface area (Å²) < 4.78 is 5.16. The highest BCUT2D eigenvalue weighted by Gasteiger charge is 2.44. The van der Waals surface area contributed by atoms with Crippen LogP contribution in [0.15, 0.2) is 0 Å². The SMILES string of the molecule is CC1C(N)CCC(C(=O)NCCCOCCO)C1(C)C. The van der Waals surface area contributed by atoms with Crippen molar-refractivity contribution in [3.63, 3.8) is 0 Å². The van der Waals surface area contributed by atoms with Crippen LogP contribution in [-0.2, 0) is 9.53 Å². The summed E-state index contributed by atoms with van der Waals surface area (Å²) in [7, 11) is 0. The van der Waals surface area contributed by atoms with Crippen LogP contribution in [0.3, 0.4) is 0 Å². The van der Waals surface area contributed by atoms with Crippen molar-refractivity contribution < 1.29 is 14.6 Å². The van der Waals surface area contributed by atoms with Gasteiger partial charge in [-0.1, -0.05) is 20.8 Å². The first-order chi connectivity index (χ1) is 9.41. The van der Waals surface area contributed by atoms with Crippen molar-refractivity contribution in [2.75, 3.05) is 26.4 Å². The van der Waals surface area contributed by atoms with E-state index >= 15 is 0 Å². The Morgan fingerprint density at radius 3 is 2.75 bits per heavy atom. The van der Waals surface area contributed by atoms with E-state index in [-0.39, 0.29) is 29.9 Å². The zero-order valence-corrected chi connectivity index (χ0v) is 13.0. The number of nitrogens with one attached hydrogen (secondary N) is 1. The van der Waals surface area contributed by atoms with Gasteiger partial charge >= 0.3 is 0 Å². The molecule has 1 saturated carbocycles. The van der Waals surface area contributed by atoms with Crippen molar-refractivity contribution >= 4 is 5.91 Å². The summed E-state index contributed by atoms with van der Waals surface area (Å²) in [5.74, 6) is 0.520. The number of carbonyl (C=O) groups excluding carboxylic acids is 1. The normalized spacial score (nSPS) is 29.1. The summed E-state index contributed by atoms with van der Waals surface area (Å²) in [6, 6.07) is 0.195.